The van der Waals surface area contributed by atoms with Gasteiger partial charge in [-0.2, -0.15) is 5.26 Å². The molecule has 55 heavy (non-hydrogen) atoms. The number of hydrogen-bond donors (Lipinski definition) is 0. The van der Waals surface area contributed by atoms with Crippen molar-refractivity contribution in [3.63, 3.8) is 0 Å². The minimum absolute atomic E-state index is 0.00877. The molecule has 1 saturated heterocycles. The smallest absolute Gasteiger partial charge is 0.264 e. The quantitative estimate of drug-likeness (QED) is 0.125. The fraction of sp³-hybridized carbons (Fsp3) is 0.478. The Morgan fingerprint density at radius 1 is 1.04 bits per heavy atom. The minimum Gasteiger partial charge on any atom is -0.496 e. The second-order valence-corrected chi connectivity index (χ2v) is 16.0. The number of carbonyl (C=O) groups excluding carboxylic acids is 1. The van der Waals surface area contributed by atoms with Gasteiger partial charge in [0.25, 0.3) is 11.5 Å². The number of allylic oxidation sites excluding steroid dienone is 1. The molecular formula is C46H59N5O4. The van der Waals surface area contributed by atoms with Crippen molar-refractivity contribution in [3.05, 3.63) is 99.2 Å². The van der Waals surface area contributed by atoms with Crippen LogP contribution < -0.4 is 15.0 Å². The molecule has 1 amide bonds. The fourth-order valence-corrected chi connectivity index (χ4v) is 8.45. The van der Waals surface area contributed by atoms with Gasteiger partial charge in [0.1, 0.15) is 23.1 Å². The van der Waals surface area contributed by atoms with E-state index in [1.807, 2.05) is 37.9 Å². The van der Waals surface area contributed by atoms with Gasteiger partial charge >= 0.3 is 0 Å². The molecule has 0 aliphatic carbocycles. The minimum atomic E-state index is -0.187. The zero-order valence-corrected chi connectivity index (χ0v) is 34.5. The van der Waals surface area contributed by atoms with E-state index in [1.54, 1.807) is 44.3 Å². The van der Waals surface area contributed by atoms with Crippen molar-refractivity contribution < 1.29 is 14.3 Å². The molecule has 292 valence electrons. The number of nitrogens with zero attached hydrogens (tertiary/aromatic N) is 5. The van der Waals surface area contributed by atoms with Crippen LogP contribution in [0.1, 0.15) is 95.5 Å². The molecule has 2 aromatic carbocycles. The number of ether oxygens (including phenoxy) is 2. The highest BCUT2D eigenvalue weighted by atomic mass is 16.5. The second-order valence-electron chi connectivity index (χ2n) is 16.0. The van der Waals surface area contributed by atoms with E-state index in [2.05, 4.69) is 74.1 Å². The summed E-state index contributed by atoms with van der Waals surface area (Å²) < 4.78 is 13.3. The summed E-state index contributed by atoms with van der Waals surface area (Å²) >= 11 is 0. The van der Waals surface area contributed by atoms with Crippen LogP contribution in [0.25, 0.3) is 21.9 Å². The van der Waals surface area contributed by atoms with Crippen LogP contribution in [0.15, 0.2) is 71.4 Å². The predicted molar refractivity (Wildman–Crippen MR) is 222 cm³/mol. The van der Waals surface area contributed by atoms with E-state index in [9.17, 15) is 14.9 Å². The van der Waals surface area contributed by atoms with Gasteiger partial charge in [0, 0.05) is 55.4 Å². The van der Waals surface area contributed by atoms with Gasteiger partial charge < -0.3 is 23.8 Å². The summed E-state index contributed by atoms with van der Waals surface area (Å²) in [4.78, 5) is 33.9. The van der Waals surface area contributed by atoms with Gasteiger partial charge in [0.2, 0.25) is 0 Å². The molecule has 4 heterocycles. The lowest BCUT2D eigenvalue weighted by atomic mass is 9.88. The van der Waals surface area contributed by atoms with Gasteiger partial charge in [0.15, 0.2) is 0 Å². The Bertz CT molecular complexity index is 2110. The third kappa shape index (κ3) is 8.97. The maximum absolute atomic E-state index is 12.8. The lowest BCUT2D eigenvalue weighted by Gasteiger charge is -2.36. The summed E-state index contributed by atoms with van der Waals surface area (Å²) in [6.07, 6.45) is 14.6. The molecule has 4 aromatic rings. The van der Waals surface area contributed by atoms with Crippen LogP contribution in [-0.2, 0) is 31.1 Å². The monoisotopic (exact) mass is 745 g/mol. The largest absolute Gasteiger partial charge is 0.496 e. The third-order valence-corrected chi connectivity index (χ3v) is 11.5. The molecule has 9 nitrogen and oxygen atoms in total. The Morgan fingerprint density at radius 3 is 2.33 bits per heavy atom. The normalized spacial score (nSPS) is 18.7. The molecule has 0 radical (unpaired) electrons. The summed E-state index contributed by atoms with van der Waals surface area (Å²) in [5.74, 6) is 1.49. The Balaban J connectivity index is 0.000000223. The zero-order valence-electron chi connectivity index (χ0n) is 34.5. The first kappa shape index (κ1) is 41.2. The number of amides is 1. The van der Waals surface area contributed by atoms with Crippen molar-refractivity contribution in [1.29, 1.82) is 5.26 Å². The van der Waals surface area contributed by atoms with E-state index < -0.39 is 0 Å². The molecule has 3 atom stereocenters. The number of likely N-dealkylation sites (tertiary alicyclic amines) is 1. The lowest BCUT2D eigenvalue weighted by Crippen LogP contribution is -2.40. The Kier molecular flexibility index (Phi) is 13.3. The topological polar surface area (TPSA) is 101 Å². The number of hydrogen-bond acceptors (Lipinski definition) is 7. The summed E-state index contributed by atoms with van der Waals surface area (Å²) in [5, 5.41) is 10.9. The van der Waals surface area contributed by atoms with E-state index in [0.717, 1.165) is 59.3 Å². The van der Waals surface area contributed by atoms with Gasteiger partial charge in [-0.05, 0) is 110 Å². The van der Waals surface area contributed by atoms with Gasteiger partial charge in [-0.3, -0.25) is 14.6 Å². The first-order valence-electron chi connectivity index (χ1n) is 19.7. The van der Waals surface area contributed by atoms with Crippen LogP contribution in [0.4, 0.5) is 0 Å². The average molecular weight is 746 g/mol. The molecule has 3 unspecified atom stereocenters. The van der Waals surface area contributed by atoms with Crippen molar-refractivity contribution in [2.24, 2.45) is 12.5 Å². The van der Waals surface area contributed by atoms with Crippen LogP contribution in [-0.4, -0.2) is 65.2 Å². The van der Waals surface area contributed by atoms with Gasteiger partial charge in [0.05, 0.1) is 25.6 Å². The molecule has 6 rings (SSSR count). The average Bonchev–Trinajstić information content (AvgIpc) is 3.55. The molecule has 0 bridgehead atoms. The molecule has 2 aliphatic heterocycles. The Morgan fingerprint density at radius 2 is 1.73 bits per heavy atom. The molecule has 2 aromatic heterocycles. The molecule has 1 fully saturated rings. The van der Waals surface area contributed by atoms with Crippen molar-refractivity contribution in [1.82, 2.24) is 19.4 Å². The highest BCUT2D eigenvalue weighted by Gasteiger charge is 2.31. The van der Waals surface area contributed by atoms with E-state index in [4.69, 9.17) is 9.47 Å². The number of nitriles is 1. The summed E-state index contributed by atoms with van der Waals surface area (Å²) in [6.45, 7) is 13.2. The Labute approximate surface area is 327 Å². The number of benzene rings is 2. The van der Waals surface area contributed by atoms with Crippen LogP contribution in [0, 0.1) is 16.7 Å². The maximum atomic E-state index is 12.8. The molecular weight excluding hydrogens is 687 g/mol. The second kappa shape index (κ2) is 17.7. The standard InChI is InChI=1S/C26H33N3O3.C20H26N2O/c1-6-18-7-8-19(29(18)3)9-10-21-24(31-4)13-17(14-25(21)32-5)23-16-28(2)26(30)22-15-27-12-11-20(22)23;1-6-15-8-7-9-17-14(2)22(11-10-18(15)17)19(23)16(13-21)12-20(3,4)5/h11-16,18-19H,6-10H2,1-5H3;7-9,12,14H,6,10-11H2,1-5H3/b;16-12+. The predicted octanol–water partition coefficient (Wildman–Crippen LogP) is 8.61. The van der Waals surface area contributed by atoms with E-state index in [-0.39, 0.29) is 28.5 Å². The lowest BCUT2D eigenvalue weighted by molar-refractivity contribution is -0.129. The van der Waals surface area contributed by atoms with Crippen LogP contribution in [0.2, 0.25) is 0 Å². The number of rotatable bonds is 9. The third-order valence-electron chi connectivity index (χ3n) is 11.5. The first-order chi connectivity index (χ1) is 26.3. The summed E-state index contributed by atoms with van der Waals surface area (Å²) in [6, 6.07) is 15.7. The number of aromatic nitrogens is 2. The molecule has 2 aliphatic rings. The highest BCUT2D eigenvalue weighted by Crippen LogP contribution is 2.39. The van der Waals surface area contributed by atoms with Gasteiger partial charge in [-0.15, -0.1) is 0 Å². The van der Waals surface area contributed by atoms with Gasteiger partial charge in [-0.25, -0.2) is 0 Å². The number of aryl methyl sites for hydroxylation is 2. The summed E-state index contributed by atoms with van der Waals surface area (Å²) in [5.41, 5.74) is 6.98. The first-order valence-corrected chi connectivity index (χ1v) is 19.7. The highest BCUT2D eigenvalue weighted by molar-refractivity contribution is 5.98. The number of pyridine rings is 2. The van der Waals surface area contributed by atoms with Crippen LogP contribution in [0.3, 0.4) is 0 Å². The number of carbonyl (C=O) groups is 1. The Hall–Kier alpha value is -4.94. The van der Waals surface area contributed by atoms with Gasteiger partial charge in [-0.1, -0.05) is 58.9 Å². The van der Waals surface area contributed by atoms with E-state index in [0.29, 0.717) is 24.0 Å². The van der Waals surface area contributed by atoms with E-state index in [1.165, 1.54) is 36.0 Å². The molecule has 0 spiro atoms. The zero-order chi connectivity index (χ0) is 40.0. The molecule has 0 saturated carbocycles. The fourth-order valence-electron chi connectivity index (χ4n) is 8.45. The SMILES string of the molecule is CCC1CCC(CCc2c(OC)cc(-c3cn(C)c(=O)c4cnccc34)cc2OC)N1C.CCc1cccc2c1CCN(C(=O)/C(C#N)=C/C(C)(C)C)C2C. The van der Waals surface area contributed by atoms with Crippen molar-refractivity contribution in [3.8, 4) is 28.7 Å². The summed E-state index contributed by atoms with van der Waals surface area (Å²) in [7, 11) is 7.44. The van der Waals surface area contributed by atoms with Crippen LogP contribution >= 0.6 is 0 Å². The van der Waals surface area contributed by atoms with Crippen molar-refractivity contribution >= 4 is 16.7 Å². The maximum Gasteiger partial charge on any atom is 0.264 e. The van der Waals surface area contributed by atoms with Crippen molar-refractivity contribution in [2.45, 2.75) is 105 Å². The molecule has 0 N–H and O–H groups in total. The van der Waals surface area contributed by atoms with Crippen molar-refractivity contribution in [2.75, 3.05) is 27.8 Å². The molecule has 9 heteroatoms. The number of methoxy groups -OCH3 is 2. The van der Waals surface area contributed by atoms with E-state index >= 15 is 0 Å². The number of fused-ring (bicyclic) bond motifs is 2. The van der Waals surface area contributed by atoms with Crippen LogP contribution in [0.5, 0.6) is 11.5 Å².